The maximum atomic E-state index is 12.9. The Balaban J connectivity index is 1.80. The standard InChI is InChI=1S/C21H24N2O4S/c1-15-9-11-23(12-10-15)28(26,27)20-8-4-6-18(14-20)21(25)22-19-7-3-5-17(13-19)16(2)24/h3-8,13-15H,9-12H2,1-2H3,(H,22,25). The molecule has 2 aromatic carbocycles. The minimum Gasteiger partial charge on any atom is -0.322 e. The smallest absolute Gasteiger partial charge is 0.255 e. The highest BCUT2D eigenvalue weighted by molar-refractivity contribution is 7.89. The lowest BCUT2D eigenvalue weighted by Crippen LogP contribution is -2.37. The van der Waals surface area contributed by atoms with Crippen molar-refractivity contribution in [2.75, 3.05) is 18.4 Å². The van der Waals surface area contributed by atoms with Crippen LogP contribution in [0.2, 0.25) is 0 Å². The summed E-state index contributed by atoms with van der Waals surface area (Å²) in [7, 11) is -3.62. The van der Waals surface area contributed by atoms with Gasteiger partial charge in [-0.3, -0.25) is 9.59 Å². The first-order valence-electron chi connectivity index (χ1n) is 9.30. The van der Waals surface area contributed by atoms with Crippen LogP contribution in [0.1, 0.15) is 47.4 Å². The Hall–Kier alpha value is -2.51. The number of carbonyl (C=O) groups is 2. The van der Waals surface area contributed by atoms with Crippen LogP contribution < -0.4 is 5.32 Å². The molecule has 0 aromatic heterocycles. The van der Waals surface area contributed by atoms with Gasteiger partial charge in [-0.1, -0.05) is 25.1 Å². The molecule has 0 aliphatic carbocycles. The van der Waals surface area contributed by atoms with Gasteiger partial charge in [-0.15, -0.1) is 0 Å². The minimum absolute atomic E-state index is 0.0972. The van der Waals surface area contributed by atoms with Crippen molar-refractivity contribution in [3.8, 4) is 0 Å². The predicted molar refractivity (Wildman–Crippen MR) is 108 cm³/mol. The van der Waals surface area contributed by atoms with Crippen LogP contribution in [-0.4, -0.2) is 37.5 Å². The quantitative estimate of drug-likeness (QED) is 0.778. The van der Waals surface area contributed by atoms with E-state index in [0.717, 1.165) is 12.8 Å². The van der Waals surface area contributed by atoms with Crippen LogP contribution in [-0.2, 0) is 10.0 Å². The van der Waals surface area contributed by atoms with E-state index in [9.17, 15) is 18.0 Å². The third kappa shape index (κ3) is 4.48. The van der Waals surface area contributed by atoms with E-state index >= 15 is 0 Å². The average Bonchev–Trinajstić information content (AvgIpc) is 2.68. The number of amides is 1. The highest BCUT2D eigenvalue weighted by Crippen LogP contribution is 2.24. The van der Waals surface area contributed by atoms with Gasteiger partial charge in [0.15, 0.2) is 5.78 Å². The molecule has 1 fully saturated rings. The molecular weight excluding hydrogens is 376 g/mol. The van der Waals surface area contributed by atoms with Crippen molar-refractivity contribution in [2.24, 2.45) is 5.92 Å². The van der Waals surface area contributed by atoms with Crippen LogP contribution in [0.25, 0.3) is 0 Å². The van der Waals surface area contributed by atoms with Gasteiger partial charge in [-0.2, -0.15) is 4.31 Å². The van der Waals surface area contributed by atoms with E-state index in [2.05, 4.69) is 12.2 Å². The maximum absolute atomic E-state index is 12.9. The Morgan fingerprint density at radius 3 is 2.32 bits per heavy atom. The van der Waals surface area contributed by atoms with Crippen molar-refractivity contribution in [1.29, 1.82) is 0 Å². The number of carbonyl (C=O) groups excluding carboxylic acids is 2. The van der Waals surface area contributed by atoms with E-state index in [1.807, 2.05) is 0 Å². The summed E-state index contributed by atoms with van der Waals surface area (Å²) in [6.45, 7) is 4.57. The zero-order valence-corrected chi connectivity index (χ0v) is 16.8. The molecule has 2 aromatic rings. The van der Waals surface area contributed by atoms with E-state index in [0.29, 0.717) is 30.3 Å². The molecule has 28 heavy (non-hydrogen) atoms. The largest absolute Gasteiger partial charge is 0.322 e. The molecule has 0 radical (unpaired) electrons. The zero-order chi connectivity index (χ0) is 20.3. The average molecular weight is 401 g/mol. The van der Waals surface area contributed by atoms with Crippen LogP contribution in [0.3, 0.4) is 0 Å². The number of nitrogens with one attached hydrogen (secondary N) is 1. The SMILES string of the molecule is CC(=O)c1cccc(NC(=O)c2cccc(S(=O)(=O)N3CCC(C)CC3)c2)c1. The second-order valence-corrected chi connectivity index (χ2v) is 9.14. The Kier molecular flexibility index (Phi) is 5.96. The summed E-state index contributed by atoms with van der Waals surface area (Å²) in [5.41, 5.74) is 1.23. The molecule has 0 unspecified atom stereocenters. The van der Waals surface area contributed by atoms with Crippen LogP contribution in [0, 0.1) is 5.92 Å². The van der Waals surface area contributed by atoms with Gasteiger partial charge in [0, 0.05) is 29.9 Å². The Morgan fingerprint density at radius 2 is 1.64 bits per heavy atom. The first kappa shape index (κ1) is 20.2. The van der Waals surface area contributed by atoms with Crippen LogP contribution in [0.4, 0.5) is 5.69 Å². The number of benzene rings is 2. The van der Waals surface area contributed by atoms with Crippen LogP contribution in [0.15, 0.2) is 53.4 Å². The van der Waals surface area contributed by atoms with E-state index in [1.165, 1.54) is 23.4 Å². The third-order valence-corrected chi connectivity index (χ3v) is 6.90. The predicted octanol–water partition coefficient (Wildman–Crippen LogP) is 3.56. The number of rotatable bonds is 5. The third-order valence-electron chi connectivity index (χ3n) is 5.00. The highest BCUT2D eigenvalue weighted by atomic mass is 32.2. The number of hydrogen-bond donors (Lipinski definition) is 1. The topological polar surface area (TPSA) is 83.5 Å². The van der Waals surface area contributed by atoms with Gasteiger partial charge in [0.05, 0.1) is 4.90 Å². The van der Waals surface area contributed by atoms with Gasteiger partial charge < -0.3 is 5.32 Å². The Labute approximate surface area is 165 Å². The van der Waals surface area contributed by atoms with E-state index in [1.54, 1.807) is 36.4 Å². The molecule has 1 aliphatic rings. The molecule has 1 amide bonds. The summed E-state index contributed by atoms with van der Waals surface area (Å²) in [6.07, 6.45) is 1.68. The van der Waals surface area contributed by atoms with Crippen molar-refractivity contribution >= 4 is 27.4 Å². The molecular formula is C21H24N2O4S. The molecule has 0 bridgehead atoms. The lowest BCUT2D eigenvalue weighted by molar-refractivity contribution is 0.101. The molecule has 148 valence electrons. The van der Waals surface area contributed by atoms with Crippen molar-refractivity contribution in [1.82, 2.24) is 4.31 Å². The van der Waals surface area contributed by atoms with Gasteiger partial charge in [-0.25, -0.2) is 8.42 Å². The number of ketones is 1. The monoisotopic (exact) mass is 400 g/mol. The fraction of sp³-hybridized carbons (Fsp3) is 0.333. The molecule has 1 heterocycles. The summed E-state index contributed by atoms with van der Waals surface area (Å²) in [5.74, 6) is -0.000568. The molecule has 6 nitrogen and oxygen atoms in total. The van der Waals surface area contributed by atoms with E-state index in [4.69, 9.17) is 0 Å². The summed E-state index contributed by atoms with van der Waals surface area (Å²) in [6, 6.07) is 12.7. The fourth-order valence-corrected chi connectivity index (χ4v) is 4.71. The van der Waals surface area contributed by atoms with Gasteiger partial charge in [0.2, 0.25) is 10.0 Å². The number of hydrogen-bond acceptors (Lipinski definition) is 4. The minimum atomic E-state index is -3.62. The first-order chi connectivity index (χ1) is 13.3. The van der Waals surface area contributed by atoms with Gasteiger partial charge >= 0.3 is 0 Å². The Bertz CT molecular complexity index is 993. The molecule has 1 saturated heterocycles. The van der Waals surface area contributed by atoms with Crippen molar-refractivity contribution in [3.63, 3.8) is 0 Å². The lowest BCUT2D eigenvalue weighted by atomic mass is 10.0. The van der Waals surface area contributed by atoms with E-state index < -0.39 is 15.9 Å². The molecule has 0 spiro atoms. The molecule has 0 atom stereocenters. The molecule has 1 aliphatic heterocycles. The lowest BCUT2D eigenvalue weighted by Gasteiger charge is -2.29. The molecule has 1 N–H and O–H groups in total. The molecule has 0 saturated carbocycles. The van der Waals surface area contributed by atoms with Crippen LogP contribution >= 0.6 is 0 Å². The molecule has 3 rings (SSSR count). The second kappa shape index (κ2) is 8.24. The fourth-order valence-electron chi connectivity index (χ4n) is 3.19. The summed E-state index contributed by atoms with van der Waals surface area (Å²) < 4.78 is 27.3. The number of nitrogens with zero attached hydrogens (tertiary/aromatic N) is 1. The van der Waals surface area contributed by atoms with Crippen molar-refractivity contribution in [3.05, 3.63) is 59.7 Å². The summed E-state index contributed by atoms with van der Waals surface area (Å²) in [4.78, 5) is 24.2. The number of sulfonamides is 1. The van der Waals surface area contributed by atoms with Crippen molar-refractivity contribution < 1.29 is 18.0 Å². The maximum Gasteiger partial charge on any atom is 0.255 e. The Morgan fingerprint density at radius 1 is 1.00 bits per heavy atom. The number of anilines is 1. The van der Waals surface area contributed by atoms with Gasteiger partial charge in [0.25, 0.3) is 5.91 Å². The number of piperidine rings is 1. The highest BCUT2D eigenvalue weighted by Gasteiger charge is 2.28. The number of Topliss-reactive ketones (excluding diaryl/α,β-unsaturated/α-hetero) is 1. The second-order valence-electron chi connectivity index (χ2n) is 7.21. The molecule has 7 heteroatoms. The normalized spacial score (nSPS) is 15.9. The first-order valence-corrected chi connectivity index (χ1v) is 10.7. The zero-order valence-electron chi connectivity index (χ0n) is 16.0. The van der Waals surface area contributed by atoms with E-state index in [-0.39, 0.29) is 16.2 Å². The summed E-state index contributed by atoms with van der Waals surface area (Å²) >= 11 is 0. The van der Waals surface area contributed by atoms with Crippen LogP contribution in [0.5, 0.6) is 0 Å². The van der Waals surface area contributed by atoms with Crippen molar-refractivity contribution in [2.45, 2.75) is 31.6 Å². The summed E-state index contributed by atoms with van der Waals surface area (Å²) in [5, 5.41) is 2.72. The van der Waals surface area contributed by atoms with Gasteiger partial charge in [-0.05, 0) is 56.0 Å². The van der Waals surface area contributed by atoms with Gasteiger partial charge in [0.1, 0.15) is 0 Å².